The van der Waals surface area contributed by atoms with Crippen LogP contribution in [0.4, 0.5) is 11.4 Å². The Hall–Kier alpha value is -1.76. The molecule has 0 fully saturated rings. The van der Waals surface area contributed by atoms with Crippen LogP contribution in [0.2, 0.25) is 0 Å². The van der Waals surface area contributed by atoms with E-state index in [4.69, 9.17) is 0 Å². The number of benzene rings is 2. The molecule has 2 rings (SSSR count). The van der Waals surface area contributed by atoms with E-state index in [0.29, 0.717) is 0 Å². The van der Waals surface area contributed by atoms with Gasteiger partial charge in [0.1, 0.15) is 0 Å². The quantitative estimate of drug-likeness (QED) is 0.767. The van der Waals surface area contributed by atoms with E-state index in [9.17, 15) is 0 Å². The largest absolute Gasteiger partial charge is 0.355 e. The first-order valence-electron chi connectivity index (χ1n) is 6.82. The van der Waals surface area contributed by atoms with E-state index in [1.54, 1.807) is 0 Å². The molecule has 0 aliphatic heterocycles. The first-order chi connectivity index (χ1) is 8.91. The minimum atomic E-state index is 1.25. The van der Waals surface area contributed by atoms with Gasteiger partial charge in [0, 0.05) is 11.4 Å². The van der Waals surface area contributed by atoms with Crippen molar-refractivity contribution in [2.24, 2.45) is 0 Å². The van der Waals surface area contributed by atoms with Gasteiger partial charge in [-0.25, -0.2) is 0 Å². The van der Waals surface area contributed by atoms with E-state index >= 15 is 0 Å². The van der Waals surface area contributed by atoms with Gasteiger partial charge in [-0.15, -0.1) is 0 Å². The van der Waals surface area contributed by atoms with Crippen molar-refractivity contribution in [3.8, 4) is 0 Å². The van der Waals surface area contributed by atoms with Crippen molar-refractivity contribution in [2.45, 2.75) is 41.5 Å². The molecule has 0 spiro atoms. The predicted molar refractivity (Wildman–Crippen MR) is 84.6 cm³/mol. The first kappa shape index (κ1) is 13.7. The van der Waals surface area contributed by atoms with Gasteiger partial charge in [0.05, 0.1) is 0 Å². The monoisotopic (exact) mass is 253 g/mol. The van der Waals surface area contributed by atoms with Crippen LogP contribution in [-0.4, -0.2) is 0 Å². The maximum atomic E-state index is 3.66. The number of hydrogen-bond donors (Lipinski definition) is 1. The standard InChI is InChI=1S/C18H23N/c1-11-7-9-13(3)17(15(11)5)19-18-14(4)10-8-12(2)16(18)6/h7-10,19H,1-6H3. The van der Waals surface area contributed by atoms with Gasteiger partial charge in [-0.3, -0.25) is 0 Å². The van der Waals surface area contributed by atoms with Crippen molar-refractivity contribution in [1.29, 1.82) is 0 Å². The summed E-state index contributed by atoms with van der Waals surface area (Å²) in [5.41, 5.74) is 10.4. The lowest BCUT2D eigenvalue weighted by Gasteiger charge is -2.19. The highest BCUT2D eigenvalue weighted by atomic mass is 14.9. The minimum Gasteiger partial charge on any atom is -0.355 e. The van der Waals surface area contributed by atoms with Crippen molar-refractivity contribution in [1.82, 2.24) is 0 Å². The lowest BCUT2D eigenvalue weighted by Crippen LogP contribution is -2.02. The van der Waals surface area contributed by atoms with E-state index in [-0.39, 0.29) is 0 Å². The molecule has 0 heterocycles. The van der Waals surface area contributed by atoms with Crippen LogP contribution >= 0.6 is 0 Å². The SMILES string of the molecule is Cc1ccc(C)c(Nc2c(C)ccc(C)c2C)c1C. The van der Waals surface area contributed by atoms with Crippen molar-refractivity contribution in [3.63, 3.8) is 0 Å². The molecule has 100 valence electrons. The maximum Gasteiger partial charge on any atom is 0.0446 e. The van der Waals surface area contributed by atoms with Crippen LogP contribution in [0.3, 0.4) is 0 Å². The Balaban J connectivity index is 2.54. The summed E-state index contributed by atoms with van der Waals surface area (Å²) in [6.45, 7) is 13.0. The van der Waals surface area contributed by atoms with Crippen LogP contribution < -0.4 is 5.32 Å². The van der Waals surface area contributed by atoms with E-state index in [1.165, 1.54) is 44.8 Å². The second kappa shape index (κ2) is 5.08. The summed E-state index contributed by atoms with van der Waals surface area (Å²) in [5, 5.41) is 3.66. The average molecular weight is 253 g/mol. The normalized spacial score (nSPS) is 10.6. The highest BCUT2D eigenvalue weighted by molar-refractivity contribution is 5.72. The summed E-state index contributed by atoms with van der Waals surface area (Å²) in [6, 6.07) is 8.74. The van der Waals surface area contributed by atoms with E-state index in [1.807, 2.05) is 0 Å². The van der Waals surface area contributed by atoms with Gasteiger partial charge in [-0.05, 0) is 74.9 Å². The van der Waals surface area contributed by atoms with Crippen LogP contribution in [0.1, 0.15) is 33.4 Å². The van der Waals surface area contributed by atoms with Crippen molar-refractivity contribution < 1.29 is 0 Å². The Morgan fingerprint density at radius 3 is 1.21 bits per heavy atom. The van der Waals surface area contributed by atoms with Crippen molar-refractivity contribution in [3.05, 3.63) is 57.6 Å². The summed E-state index contributed by atoms with van der Waals surface area (Å²) in [4.78, 5) is 0. The molecule has 1 heteroatoms. The summed E-state index contributed by atoms with van der Waals surface area (Å²) in [5.74, 6) is 0. The predicted octanol–water partition coefficient (Wildman–Crippen LogP) is 5.28. The van der Waals surface area contributed by atoms with Crippen LogP contribution in [0.25, 0.3) is 0 Å². The van der Waals surface area contributed by atoms with E-state index < -0.39 is 0 Å². The summed E-state index contributed by atoms with van der Waals surface area (Å²) in [7, 11) is 0. The summed E-state index contributed by atoms with van der Waals surface area (Å²) >= 11 is 0. The van der Waals surface area contributed by atoms with E-state index in [2.05, 4.69) is 71.1 Å². The van der Waals surface area contributed by atoms with Gasteiger partial charge >= 0.3 is 0 Å². The molecule has 0 radical (unpaired) electrons. The van der Waals surface area contributed by atoms with Gasteiger partial charge in [-0.2, -0.15) is 0 Å². The van der Waals surface area contributed by atoms with Gasteiger partial charge in [-0.1, -0.05) is 24.3 Å². The molecule has 0 aliphatic rings. The fraction of sp³-hybridized carbons (Fsp3) is 0.333. The minimum absolute atomic E-state index is 1.25. The van der Waals surface area contributed by atoms with Crippen LogP contribution in [0, 0.1) is 41.5 Å². The fourth-order valence-electron chi connectivity index (χ4n) is 2.41. The summed E-state index contributed by atoms with van der Waals surface area (Å²) in [6.07, 6.45) is 0. The lowest BCUT2D eigenvalue weighted by molar-refractivity contribution is 1.25. The maximum absolute atomic E-state index is 3.66. The lowest BCUT2D eigenvalue weighted by atomic mass is 10.0. The molecule has 0 unspecified atom stereocenters. The molecule has 19 heavy (non-hydrogen) atoms. The van der Waals surface area contributed by atoms with Gasteiger partial charge in [0.25, 0.3) is 0 Å². The molecule has 0 saturated heterocycles. The molecule has 1 nitrogen and oxygen atoms in total. The van der Waals surface area contributed by atoms with E-state index in [0.717, 1.165) is 0 Å². The van der Waals surface area contributed by atoms with Crippen LogP contribution in [-0.2, 0) is 0 Å². The molecule has 0 saturated carbocycles. The third kappa shape index (κ3) is 2.51. The molecule has 0 atom stereocenters. The fourth-order valence-corrected chi connectivity index (χ4v) is 2.41. The molecule has 2 aromatic carbocycles. The number of nitrogens with one attached hydrogen (secondary N) is 1. The van der Waals surface area contributed by atoms with Crippen LogP contribution in [0.15, 0.2) is 24.3 Å². The number of anilines is 2. The Morgan fingerprint density at radius 2 is 0.842 bits per heavy atom. The Labute approximate surface area is 116 Å². The topological polar surface area (TPSA) is 12.0 Å². The van der Waals surface area contributed by atoms with Gasteiger partial charge < -0.3 is 5.32 Å². The molecule has 0 aromatic heterocycles. The third-order valence-corrected chi connectivity index (χ3v) is 4.14. The average Bonchev–Trinajstić information content (AvgIpc) is 2.38. The number of aryl methyl sites for hydroxylation is 4. The van der Waals surface area contributed by atoms with Crippen molar-refractivity contribution in [2.75, 3.05) is 5.32 Å². The van der Waals surface area contributed by atoms with Gasteiger partial charge in [0.2, 0.25) is 0 Å². The molecular weight excluding hydrogens is 230 g/mol. The summed E-state index contributed by atoms with van der Waals surface area (Å²) < 4.78 is 0. The molecule has 0 bridgehead atoms. The Morgan fingerprint density at radius 1 is 0.526 bits per heavy atom. The Bertz CT molecular complexity index is 569. The zero-order valence-electron chi connectivity index (χ0n) is 12.8. The number of rotatable bonds is 2. The third-order valence-electron chi connectivity index (χ3n) is 4.14. The Kier molecular flexibility index (Phi) is 3.66. The second-order valence-corrected chi connectivity index (χ2v) is 5.52. The molecule has 0 amide bonds. The second-order valence-electron chi connectivity index (χ2n) is 5.52. The highest BCUT2D eigenvalue weighted by Crippen LogP contribution is 2.31. The molecule has 1 N–H and O–H groups in total. The zero-order chi connectivity index (χ0) is 14.2. The van der Waals surface area contributed by atoms with Crippen molar-refractivity contribution >= 4 is 11.4 Å². The molecule has 0 aliphatic carbocycles. The zero-order valence-corrected chi connectivity index (χ0v) is 12.8. The number of hydrogen-bond acceptors (Lipinski definition) is 1. The van der Waals surface area contributed by atoms with Gasteiger partial charge in [0.15, 0.2) is 0 Å². The molecular formula is C18H23N. The first-order valence-corrected chi connectivity index (χ1v) is 6.82. The highest BCUT2D eigenvalue weighted by Gasteiger charge is 2.09. The smallest absolute Gasteiger partial charge is 0.0446 e. The molecule has 2 aromatic rings. The van der Waals surface area contributed by atoms with Crippen LogP contribution in [0.5, 0.6) is 0 Å².